The zero-order chi connectivity index (χ0) is 35.5. The van der Waals surface area contributed by atoms with Crippen molar-refractivity contribution in [3.05, 3.63) is 53.3 Å². The third kappa shape index (κ3) is 9.86. The average molecular weight is 709 g/mol. The molecule has 10 nitrogen and oxygen atoms in total. The van der Waals surface area contributed by atoms with E-state index in [1.165, 1.54) is 37.8 Å². The normalized spacial score (nSPS) is 18.9. The van der Waals surface area contributed by atoms with Crippen LogP contribution in [0.2, 0.25) is 0 Å². The van der Waals surface area contributed by atoms with Gasteiger partial charge in [0.25, 0.3) is 0 Å². The molecule has 0 bridgehead atoms. The smallest absolute Gasteiger partial charge is 0.315 e. The Morgan fingerprint density at radius 3 is 2.76 bits per heavy atom. The van der Waals surface area contributed by atoms with Gasteiger partial charge in [0.15, 0.2) is 17.3 Å². The minimum Gasteiger partial charge on any atom is -0.493 e. The Hall–Kier alpha value is -3.93. The largest absolute Gasteiger partial charge is 0.493 e. The Balaban J connectivity index is 0.000000544. The maximum Gasteiger partial charge on any atom is 0.315 e. The van der Waals surface area contributed by atoms with Gasteiger partial charge >= 0.3 is 6.03 Å². The molecule has 0 saturated carbocycles. The number of methoxy groups -OCH3 is 1. The van der Waals surface area contributed by atoms with Crippen LogP contribution in [0.4, 0.5) is 20.7 Å². The second kappa shape index (κ2) is 18.3. The standard InChI is InChI=1S/C30H35FN6O4S.C8H18/c1-40-23-15-20-17(12-21-27(20)36-37-29(21)33-19-7-4-6-18(31)14-19)13-24(23)41-11-5-10-32-26(38)9-3-2-8-25-28-22(16-42-25)34-30(39)35-28;1-4-6-7-8(3)5-2/h4,6-7,13-15,22,25,28H,2-3,5,8-12,16H2,1H3,(H,32,38)(H2,33,36,37)(H2,34,35,39);8H,4-7H2,1-3H3. The third-order valence-electron chi connectivity index (χ3n) is 9.71. The number of ether oxygens (including phenoxy) is 2. The number of aromatic nitrogens is 2. The Bertz CT molecular complexity index is 1580. The van der Waals surface area contributed by atoms with Crippen molar-refractivity contribution in [1.82, 2.24) is 26.1 Å². The summed E-state index contributed by atoms with van der Waals surface area (Å²) in [6, 6.07) is 10.6. The highest BCUT2D eigenvalue weighted by Crippen LogP contribution is 2.44. The molecule has 4 unspecified atom stereocenters. The summed E-state index contributed by atoms with van der Waals surface area (Å²) in [7, 11) is 1.61. The van der Waals surface area contributed by atoms with E-state index in [9.17, 15) is 14.0 Å². The van der Waals surface area contributed by atoms with Crippen LogP contribution in [0.5, 0.6) is 11.5 Å². The Morgan fingerprint density at radius 1 is 1.12 bits per heavy atom. The first-order valence-corrected chi connectivity index (χ1v) is 19.2. The van der Waals surface area contributed by atoms with Crippen LogP contribution in [0.15, 0.2) is 36.4 Å². The molecule has 3 amide bonds. The van der Waals surface area contributed by atoms with Crippen molar-refractivity contribution in [2.24, 2.45) is 5.92 Å². The fraction of sp³-hybridized carbons (Fsp3) is 0.553. The number of carbonyl (C=O) groups is 2. The average Bonchev–Trinajstić information content (AvgIpc) is 3.87. The topological polar surface area (TPSA) is 129 Å². The summed E-state index contributed by atoms with van der Waals surface area (Å²) in [6.07, 6.45) is 10.2. The number of carbonyl (C=O) groups excluding carboxylic acids is 2. The van der Waals surface area contributed by atoms with Gasteiger partial charge in [-0.3, -0.25) is 9.89 Å². The molecule has 2 saturated heterocycles. The summed E-state index contributed by atoms with van der Waals surface area (Å²) >= 11 is 1.90. The molecule has 3 heterocycles. The van der Waals surface area contributed by atoms with Crippen molar-refractivity contribution in [3.63, 3.8) is 0 Å². The summed E-state index contributed by atoms with van der Waals surface area (Å²) in [5, 5.41) is 20.1. The zero-order valence-electron chi connectivity index (χ0n) is 29.8. The van der Waals surface area contributed by atoms with E-state index < -0.39 is 0 Å². The number of nitrogens with zero attached hydrogens (tertiary/aromatic N) is 1. The van der Waals surface area contributed by atoms with Gasteiger partial charge in [0.2, 0.25) is 5.91 Å². The van der Waals surface area contributed by atoms with Gasteiger partial charge in [-0.25, -0.2) is 9.18 Å². The number of hydrogen-bond donors (Lipinski definition) is 5. The molecular weight excluding hydrogens is 656 g/mol. The van der Waals surface area contributed by atoms with Crippen LogP contribution in [0.25, 0.3) is 11.3 Å². The minimum atomic E-state index is -0.311. The molecule has 4 atom stereocenters. The molecule has 3 aliphatic rings. The van der Waals surface area contributed by atoms with Gasteiger partial charge in [-0.15, -0.1) is 0 Å². The molecule has 5 N–H and O–H groups in total. The first-order chi connectivity index (χ1) is 24.3. The summed E-state index contributed by atoms with van der Waals surface area (Å²) in [4.78, 5) is 23.8. The van der Waals surface area contributed by atoms with E-state index in [-0.39, 0.29) is 29.8 Å². The number of unbranched alkanes of at least 4 members (excludes halogenated alkanes) is 2. The Labute approximate surface area is 299 Å². The molecule has 2 aliphatic heterocycles. The lowest BCUT2D eigenvalue weighted by atomic mass is 10.0. The van der Waals surface area contributed by atoms with E-state index in [1.807, 2.05) is 23.9 Å². The lowest BCUT2D eigenvalue weighted by molar-refractivity contribution is -0.121. The van der Waals surface area contributed by atoms with Gasteiger partial charge < -0.3 is 30.7 Å². The molecule has 1 aliphatic carbocycles. The number of thioether (sulfide) groups is 1. The quantitative estimate of drug-likeness (QED) is 0.0562. The van der Waals surface area contributed by atoms with E-state index in [0.29, 0.717) is 60.7 Å². The van der Waals surface area contributed by atoms with Gasteiger partial charge in [0.1, 0.15) is 5.82 Å². The van der Waals surface area contributed by atoms with Crippen molar-refractivity contribution < 1.29 is 23.5 Å². The van der Waals surface area contributed by atoms with E-state index >= 15 is 0 Å². The SMILES string of the molecule is CCCCC(C)CC.COc1cc2c(cc1OCCCNC(=O)CCCCC1SCC3NC(=O)NC31)Cc1c(Nc3cccc(F)c3)n[nH]c1-2. The predicted molar refractivity (Wildman–Crippen MR) is 199 cm³/mol. The van der Waals surface area contributed by atoms with Crippen LogP contribution >= 0.6 is 11.8 Å². The number of fused-ring (bicyclic) bond motifs is 4. The number of H-pyrrole nitrogens is 1. The summed E-state index contributed by atoms with van der Waals surface area (Å²) in [5.74, 6) is 3.59. The molecule has 1 aromatic heterocycles. The van der Waals surface area contributed by atoms with Crippen LogP contribution in [0.1, 0.15) is 89.7 Å². The second-order valence-electron chi connectivity index (χ2n) is 13.5. The molecule has 0 spiro atoms. The number of nitrogens with one attached hydrogen (secondary N) is 5. The van der Waals surface area contributed by atoms with E-state index in [0.717, 1.165) is 53.3 Å². The number of anilines is 2. The number of amides is 3. The zero-order valence-corrected chi connectivity index (χ0v) is 30.6. The highest BCUT2D eigenvalue weighted by atomic mass is 32.2. The van der Waals surface area contributed by atoms with Crippen molar-refractivity contribution in [1.29, 1.82) is 0 Å². The molecule has 272 valence electrons. The minimum absolute atomic E-state index is 0.0512. The molecule has 12 heteroatoms. The summed E-state index contributed by atoms with van der Waals surface area (Å²) < 4.78 is 25.3. The van der Waals surface area contributed by atoms with Crippen LogP contribution in [-0.2, 0) is 11.2 Å². The highest BCUT2D eigenvalue weighted by Gasteiger charge is 2.42. The van der Waals surface area contributed by atoms with Crippen LogP contribution in [-0.4, -0.2) is 65.5 Å². The van der Waals surface area contributed by atoms with Crippen LogP contribution in [0.3, 0.4) is 0 Å². The number of aromatic amines is 1. The molecule has 2 fully saturated rings. The maximum absolute atomic E-state index is 13.6. The van der Waals surface area contributed by atoms with Crippen molar-refractivity contribution in [2.45, 2.75) is 102 Å². The number of halogens is 1. The number of benzene rings is 2. The first kappa shape index (κ1) is 37.3. The van der Waals surface area contributed by atoms with E-state index in [1.54, 1.807) is 19.2 Å². The molecule has 0 radical (unpaired) electrons. The van der Waals surface area contributed by atoms with Crippen molar-refractivity contribution in [2.75, 3.05) is 31.3 Å². The molecule has 3 aromatic rings. The van der Waals surface area contributed by atoms with E-state index in [4.69, 9.17) is 9.47 Å². The van der Waals surface area contributed by atoms with Gasteiger partial charge in [0, 0.05) is 47.2 Å². The van der Waals surface area contributed by atoms with Crippen molar-refractivity contribution in [3.8, 4) is 22.8 Å². The summed E-state index contributed by atoms with van der Waals surface area (Å²) in [6.45, 7) is 7.83. The lowest BCUT2D eigenvalue weighted by Gasteiger charge is -2.16. The number of urea groups is 1. The van der Waals surface area contributed by atoms with Crippen LogP contribution < -0.4 is 30.7 Å². The summed E-state index contributed by atoms with van der Waals surface area (Å²) in [5.41, 5.74) is 4.63. The maximum atomic E-state index is 13.6. The lowest BCUT2D eigenvalue weighted by Crippen LogP contribution is -2.36. The van der Waals surface area contributed by atoms with E-state index in [2.05, 4.69) is 52.2 Å². The third-order valence-corrected chi connectivity index (χ3v) is 11.2. The monoisotopic (exact) mass is 708 g/mol. The molecule has 6 rings (SSSR count). The fourth-order valence-corrected chi connectivity index (χ4v) is 8.16. The first-order valence-electron chi connectivity index (χ1n) is 18.2. The molecule has 50 heavy (non-hydrogen) atoms. The van der Waals surface area contributed by atoms with Crippen molar-refractivity contribution >= 4 is 35.2 Å². The highest BCUT2D eigenvalue weighted by molar-refractivity contribution is 8.00. The van der Waals surface area contributed by atoms with Gasteiger partial charge in [-0.1, -0.05) is 58.9 Å². The molecular formula is C38H53FN6O4S. The fourth-order valence-electron chi connectivity index (χ4n) is 6.61. The predicted octanol–water partition coefficient (Wildman–Crippen LogP) is 7.71. The van der Waals surface area contributed by atoms with Gasteiger partial charge in [-0.2, -0.15) is 16.9 Å². The van der Waals surface area contributed by atoms with Crippen LogP contribution in [0, 0.1) is 11.7 Å². The second-order valence-corrected chi connectivity index (χ2v) is 14.7. The Morgan fingerprint density at radius 2 is 1.98 bits per heavy atom. The van der Waals surface area contributed by atoms with Gasteiger partial charge in [-0.05, 0) is 61.1 Å². The van der Waals surface area contributed by atoms with Gasteiger partial charge in [0.05, 0.1) is 31.5 Å². The number of hydrogen-bond acceptors (Lipinski definition) is 7. The Kier molecular flexibility index (Phi) is 13.7. The molecule has 2 aromatic carbocycles. The number of rotatable bonds is 17.